The number of benzene rings is 1. The van der Waals surface area contributed by atoms with Crippen LogP contribution >= 0.6 is 0 Å². The lowest BCUT2D eigenvalue weighted by Crippen LogP contribution is -2.29. The van der Waals surface area contributed by atoms with Crippen LogP contribution < -0.4 is 10.0 Å². The van der Waals surface area contributed by atoms with E-state index in [4.69, 9.17) is 0 Å². The molecule has 1 saturated carbocycles. The number of hydrogen-bond acceptors (Lipinski definition) is 3. The van der Waals surface area contributed by atoms with Crippen molar-refractivity contribution in [1.82, 2.24) is 10.0 Å². The van der Waals surface area contributed by atoms with Crippen molar-refractivity contribution in [2.24, 2.45) is 5.41 Å². The van der Waals surface area contributed by atoms with Crippen molar-refractivity contribution < 1.29 is 8.42 Å². The third-order valence-electron chi connectivity index (χ3n) is 4.17. The normalized spacial score (nSPS) is 16.9. The number of sulfonamides is 1. The molecule has 2 rings (SSSR count). The smallest absolute Gasteiger partial charge is 0.240 e. The van der Waals surface area contributed by atoms with Crippen molar-refractivity contribution >= 4 is 10.0 Å². The van der Waals surface area contributed by atoms with Crippen LogP contribution in [-0.4, -0.2) is 21.5 Å². The maximum absolute atomic E-state index is 12.4. The Bertz CT molecular complexity index is 592. The minimum absolute atomic E-state index is 0.170. The maximum Gasteiger partial charge on any atom is 0.240 e. The summed E-state index contributed by atoms with van der Waals surface area (Å²) in [5, 5.41) is 3.32. The average molecular weight is 310 g/mol. The fourth-order valence-corrected chi connectivity index (χ4v) is 3.40. The van der Waals surface area contributed by atoms with Crippen LogP contribution in [0, 0.1) is 12.3 Å². The molecular weight excluding hydrogens is 284 g/mol. The highest BCUT2D eigenvalue weighted by Crippen LogP contribution is 2.44. The molecule has 5 heteroatoms. The lowest BCUT2D eigenvalue weighted by atomic mass is 10.1. The van der Waals surface area contributed by atoms with Gasteiger partial charge in [0.05, 0.1) is 4.90 Å². The zero-order chi connectivity index (χ0) is 15.5. The molecule has 4 nitrogen and oxygen atoms in total. The van der Waals surface area contributed by atoms with E-state index in [9.17, 15) is 8.42 Å². The second-order valence-corrected chi connectivity index (χ2v) is 8.17. The van der Waals surface area contributed by atoms with Gasteiger partial charge in [0.1, 0.15) is 0 Å². The highest BCUT2D eigenvalue weighted by molar-refractivity contribution is 7.89. The van der Waals surface area contributed by atoms with Crippen LogP contribution in [0.15, 0.2) is 23.1 Å². The van der Waals surface area contributed by atoms with Gasteiger partial charge in [0.15, 0.2) is 0 Å². The third-order valence-corrected chi connectivity index (χ3v) is 5.56. The van der Waals surface area contributed by atoms with E-state index in [1.165, 1.54) is 0 Å². The molecule has 0 amide bonds. The summed E-state index contributed by atoms with van der Waals surface area (Å²) < 4.78 is 27.5. The van der Waals surface area contributed by atoms with Crippen LogP contribution in [0.3, 0.4) is 0 Å². The van der Waals surface area contributed by atoms with Crippen molar-refractivity contribution in [1.29, 1.82) is 0 Å². The Morgan fingerprint density at radius 2 is 2.00 bits per heavy atom. The predicted octanol–water partition coefficient (Wildman–Crippen LogP) is 2.57. The Kier molecular flexibility index (Phi) is 5.07. The number of aryl methyl sites for hydroxylation is 1. The molecule has 0 bridgehead atoms. The van der Waals surface area contributed by atoms with Crippen LogP contribution in [-0.2, 0) is 16.6 Å². The van der Waals surface area contributed by atoms with Crippen LogP contribution in [0.5, 0.6) is 0 Å². The van der Waals surface area contributed by atoms with Gasteiger partial charge in [-0.3, -0.25) is 0 Å². The molecule has 21 heavy (non-hydrogen) atoms. The Morgan fingerprint density at radius 3 is 2.62 bits per heavy atom. The lowest BCUT2D eigenvalue weighted by Gasteiger charge is -2.13. The Hall–Kier alpha value is -0.910. The summed E-state index contributed by atoms with van der Waals surface area (Å²) >= 11 is 0. The molecule has 1 aromatic rings. The molecule has 1 fully saturated rings. The quantitative estimate of drug-likeness (QED) is 0.726. The van der Waals surface area contributed by atoms with Crippen LogP contribution in [0.2, 0.25) is 0 Å². The van der Waals surface area contributed by atoms with Gasteiger partial charge in [-0.25, -0.2) is 13.1 Å². The van der Waals surface area contributed by atoms with E-state index >= 15 is 0 Å². The topological polar surface area (TPSA) is 58.2 Å². The molecular formula is C16H26N2O2S. The first-order chi connectivity index (χ1) is 9.86. The van der Waals surface area contributed by atoms with Gasteiger partial charge >= 0.3 is 0 Å². The fraction of sp³-hybridized carbons (Fsp3) is 0.625. The first-order valence-electron chi connectivity index (χ1n) is 7.66. The Morgan fingerprint density at radius 1 is 1.29 bits per heavy atom. The fourth-order valence-electron chi connectivity index (χ4n) is 2.15. The second-order valence-electron chi connectivity index (χ2n) is 6.40. The molecule has 2 N–H and O–H groups in total. The zero-order valence-corrected chi connectivity index (χ0v) is 14.0. The number of nitrogens with one attached hydrogen (secondary N) is 2. The van der Waals surface area contributed by atoms with Gasteiger partial charge in [-0.1, -0.05) is 19.9 Å². The van der Waals surface area contributed by atoms with Crippen molar-refractivity contribution in [2.75, 3.05) is 13.1 Å². The second kappa shape index (κ2) is 6.46. The van der Waals surface area contributed by atoms with Gasteiger partial charge in [-0.05, 0) is 61.4 Å². The molecule has 0 aliphatic heterocycles. The van der Waals surface area contributed by atoms with Gasteiger partial charge in [0, 0.05) is 13.1 Å². The molecule has 1 aromatic carbocycles. The first kappa shape index (κ1) is 16.5. The SMILES string of the molecule is CCCNCc1cc(S(=O)(=O)NCC2(C)CC2)ccc1C. The summed E-state index contributed by atoms with van der Waals surface area (Å²) in [5.41, 5.74) is 2.33. The lowest BCUT2D eigenvalue weighted by molar-refractivity contribution is 0.530. The molecule has 0 atom stereocenters. The molecule has 1 aliphatic rings. The molecule has 0 radical (unpaired) electrons. The summed E-state index contributed by atoms with van der Waals surface area (Å²) in [6.07, 6.45) is 3.28. The number of rotatable bonds is 8. The van der Waals surface area contributed by atoms with Crippen LogP contribution in [0.1, 0.15) is 44.2 Å². The molecule has 0 spiro atoms. The van der Waals surface area contributed by atoms with E-state index in [-0.39, 0.29) is 5.41 Å². The maximum atomic E-state index is 12.4. The summed E-state index contributed by atoms with van der Waals surface area (Å²) in [6.45, 7) is 8.42. The molecule has 1 aliphatic carbocycles. The summed E-state index contributed by atoms with van der Waals surface area (Å²) in [5.74, 6) is 0. The summed E-state index contributed by atoms with van der Waals surface area (Å²) in [4.78, 5) is 0.366. The summed E-state index contributed by atoms with van der Waals surface area (Å²) in [6, 6.07) is 5.36. The van der Waals surface area contributed by atoms with Crippen LogP contribution in [0.25, 0.3) is 0 Å². The molecule has 0 aromatic heterocycles. The zero-order valence-electron chi connectivity index (χ0n) is 13.2. The Labute approximate surface area is 128 Å². The Balaban J connectivity index is 2.09. The molecule has 0 heterocycles. The van der Waals surface area contributed by atoms with Crippen molar-refractivity contribution in [3.8, 4) is 0 Å². The molecule has 118 valence electrons. The highest BCUT2D eigenvalue weighted by Gasteiger charge is 2.38. The van der Waals surface area contributed by atoms with Gasteiger partial charge in [0.2, 0.25) is 10.0 Å². The standard InChI is InChI=1S/C16H26N2O2S/c1-4-9-17-11-14-10-15(6-5-13(14)2)21(19,20)18-12-16(3)7-8-16/h5-6,10,17-18H,4,7-9,11-12H2,1-3H3. The van der Waals surface area contributed by atoms with Crippen LogP contribution in [0.4, 0.5) is 0 Å². The summed E-state index contributed by atoms with van der Waals surface area (Å²) in [7, 11) is -3.40. The van der Waals surface area contributed by atoms with E-state index in [0.29, 0.717) is 18.0 Å². The number of hydrogen-bond donors (Lipinski definition) is 2. The van der Waals surface area contributed by atoms with Crippen molar-refractivity contribution in [2.45, 2.75) is 51.5 Å². The third kappa shape index (κ3) is 4.53. The highest BCUT2D eigenvalue weighted by atomic mass is 32.2. The average Bonchev–Trinajstić information content (AvgIpc) is 3.17. The van der Waals surface area contributed by atoms with E-state index in [2.05, 4.69) is 23.9 Å². The van der Waals surface area contributed by atoms with Gasteiger partial charge < -0.3 is 5.32 Å². The van der Waals surface area contributed by atoms with E-state index < -0.39 is 10.0 Å². The van der Waals surface area contributed by atoms with Gasteiger partial charge in [-0.2, -0.15) is 0 Å². The minimum Gasteiger partial charge on any atom is -0.313 e. The monoisotopic (exact) mass is 310 g/mol. The molecule has 0 unspecified atom stereocenters. The molecule has 0 saturated heterocycles. The van der Waals surface area contributed by atoms with Gasteiger partial charge in [0.25, 0.3) is 0 Å². The van der Waals surface area contributed by atoms with E-state index in [0.717, 1.165) is 36.9 Å². The first-order valence-corrected chi connectivity index (χ1v) is 9.14. The van der Waals surface area contributed by atoms with E-state index in [1.54, 1.807) is 12.1 Å². The van der Waals surface area contributed by atoms with Crippen molar-refractivity contribution in [3.63, 3.8) is 0 Å². The largest absolute Gasteiger partial charge is 0.313 e. The predicted molar refractivity (Wildman–Crippen MR) is 85.7 cm³/mol. The van der Waals surface area contributed by atoms with Crippen molar-refractivity contribution in [3.05, 3.63) is 29.3 Å². The minimum atomic E-state index is -3.40. The van der Waals surface area contributed by atoms with E-state index in [1.807, 2.05) is 13.0 Å². The van der Waals surface area contributed by atoms with Gasteiger partial charge in [-0.15, -0.1) is 0 Å².